The number of ether oxygens (including phenoxy) is 1. The molecule has 0 bridgehead atoms. The maximum atomic E-state index is 14.3. The molecule has 3 atom stereocenters. The van der Waals surface area contributed by atoms with Crippen molar-refractivity contribution >= 4 is 5.91 Å². The van der Waals surface area contributed by atoms with E-state index in [9.17, 15) is 13.6 Å². The molecule has 144 valence electrons. The topological polar surface area (TPSA) is 36.0 Å². The van der Waals surface area contributed by atoms with Gasteiger partial charge in [0.25, 0.3) is 0 Å². The first kappa shape index (κ1) is 19.2. The van der Waals surface area contributed by atoms with E-state index in [2.05, 4.69) is 11.8 Å². The fourth-order valence-electron chi connectivity index (χ4n) is 4.06. The monoisotopic (exact) mass is 367 g/mol. The van der Waals surface area contributed by atoms with Crippen molar-refractivity contribution in [3.8, 4) is 0 Å². The summed E-state index contributed by atoms with van der Waals surface area (Å²) in [5.74, 6) is -1.31. The predicted molar refractivity (Wildman–Crippen MR) is 94.7 cm³/mol. The smallest absolute Gasteiger partial charge is 0.244 e. The number of hydrogen-bond donors (Lipinski definition) is 0. The molecule has 0 spiro atoms. The minimum atomic E-state index is -0.966. The number of hydrogen-bond acceptors (Lipinski definition) is 4. The Bertz CT molecular complexity index is 629. The van der Waals surface area contributed by atoms with E-state index in [-0.39, 0.29) is 17.5 Å². The lowest BCUT2D eigenvalue weighted by molar-refractivity contribution is -0.135. The molecule has 0 N–H and O–H groups in total. The Kier molecular flexibility index (Phi) is 5.89. The molecule has 0 radical (unpaired) electrons. The molecule has 1 amide bonds. The van der Waals surface area contributed by atoms with Crippen LogP contribution in [0.4, 0.5) is 8.78 Å². The number of halogens is 2. The molecular formula is C19H27F2N3O2. The highest BCUT2D eigenvalue weighted by Crippen LogP contribution is 2.30. The number of benzene rings is 1. The maximum Gasteiger partial charge on any atom is 0.244 e. The van der Waals surface area contributed by atoms with Crippen LogP contribution in [0.25, 0.3) is 0 Å². The molecule has 1 aromatic carbocycles. The summed E-state index contributed by atoms with van der Waals surface area (Å²) in [6.45, 7) is 6.44. The van der Waals surface area contributed by atoms with Gasteiger partial charge < -0.3 is 9.64 Å². The zero-order valence-corrected chi connectivity index (χ0v) is 15.6. The zero-order valence-electron chi connectivity index (χ0n) is 15.6. The van der Waals surface area contributed by atoms with Crippen LogP contribution in [0.3, 0.4) is 0 Å². The number of carbonyl (C=O) groups excluding carboxylic acids is 1. The van der Waals surface area contributed by atoms with Crippen molar-refractivity contribution in [2.45, 2.75) is 19.0 Å². The highest BCUT2D eigenvalue weighted by atomic mass is 19.1. The Hall–Kier alpha value is -1.57. The Balaban J connectivity index is 1.80. The van der Waals surface area contributed by atoms with Gasteiger partial charge in [-0.3, -0.25) is 14.6 Å². The van der Waals surface area contributed by atoms with Crippen LogP contribution in [0, 0.1) is 17.6 Å². The molecule has 2 heterocycles. The maximum absolute atomic E-state index is 14.3. The van der Waals surface area contributed by atoms with Gasteiger partial charge in [-0.25, -0.2) is 8.78 Å². The second kappa shape index (κ2) is 7.98. The first-order chi connectivity index (χ1) is 12.4. The van der Waals surface area contributed by atoms with Crippen LogP contribution in [0.15, 0.2) is 18.2 Å². The van der Waals surface area contributed by atoms with E-state index in [0.717, 1.165) is 13.1 Å². The van der Waals surface area contributed by atoms with E-state index >= 15 is 0 Å². The van der Waals surface area contributed by atoms with Gasteiger partial charge in [-0.05, 0) is 32.1 Å². The third-order valence-electron chi connectivity index (χ3n) is 5.42. The first-order valence-electron chi connectivity index (χ1n) is 9.11. The molecule has 0 unspecified atom stereocenters. The van der Waals surface area contributed by atoms with Crippen molar-refractivity contribution in [1.29, 1.82) is 0 Å². The minimum absolute atomic E-state index is 0.176. The highest BCUT2D eigenvalue weighted by molar-refractivity contribution is 5.83. The summed E-state index contributed by atoms with van der Waals surface area (Å²) in [5, 5.41) is 0. The van der Waals surface area contributed by atoms with Crippen molar-refractivity contribution in [3.63, 3.8) is 0 Å². The largest absolute Gasteiger partial charge is 0.379 e. The van der Waals surface area contributed by atoms with Crippen LogP contribution in [-0.2, 0) is 9.53 Å². The van der Waals surface area contributed by atoms with Crippen LogP contribution < -0.4 is 0 Å². The third-order valence-corrected chi connectivity index (χ3v) is 5.42. The van der Waals surface area contributed by atoms with E-state index in [0.29, 0.717) is 32.2 Å². The van der Waals surface area contributed by atoms with Crippen LogP contribution in [0.5, 0.6) is 0 Å². The van der Waals surface area contributed by atoms with Crippen LogP contribution >= 0.6 is 0 Å². The lowest BCUT2D eigenvalue weighted by atomic mass is 10.0. The summed E-state index contributed by atoms with van der Waals surface area (Å²) in [6.07, 6.45) is 0. The van der Waals surface area contributed by atoms with Gasteiger partial charge in [-0.15, -0.1) is 0 Å². The van der Waals surface area contributed by atoms with E-state index in [1.54, 1.807) is 23.9 Å². The first-order valence-corrected chi connectivity index (χ1v) is 9.11. The van der Waals surface area contributed by atoms with Crippen molar-refractivity contribution < 1.29 is 18.3 Å². The number of rotatable bonds is 4. The van der Waals surface area contributed by atoms with Gasteiger partial charge >= 0.3 is 0 Å². The Labute approximate surface area is 153 Å². The molecule has 7 heteroatoms. The number of likely N-dealkylation sites (tertiary alicyclic amines) is 1. The van der Waals surface area contributed by atoms with Gasteiger partial charge in [0, 0.05) is 32.2 Å². The van der Waals surface area contributed by atoms with Crippen molar-refractivity contribution in [3.05, 3.63) is 35.4 Å². The number of carbonyl (C=O) groups is 1. The molecule has 1 aromatic rings. The van der Waals surface area contributed by atoms with Crippen LogP contribution in [0.1, 0.15) is 18.5 Å². The Morgan fingerprint density at radius 1 is 1.19 bits per heavy atom. The Morgan fingerprint density at radius 2 is 1.81 bits per heavy atom. The summed E-state index contributed by atoms with van der Waals surface area (Å²) in [6, 6.07) is 3.01. The van der Waals surface area contributed by atoms with Crippen LogP contribution in [0.2, 0.25) is 0 Å². The summed E-state index contributed by atoms with van der Waals surface area (Å²) in [5.41, 5.74) is -0.176. The lowest BCUT2D eigenvalue weighted by Gasteiger charge is -2.34. The predicted octanol–water partition coefficient (Wildman–Crippen LogP) is 1.75. The second-order valence-electron chi connectivity index (χ2n) is 7.44. The van der Waals surface area contributed by atoms with E-state index in [1.807, 2.05) is 0 Å². The third kappa shape index (κ3) is 3.75. The zero-order chi connectivity index (χ0) is 18.8. The molecule has 0 saturated carbocycles. The molecule has 3 rings (SSSR count). The molecular weight excluding hydrogens is 340 g/mol. The summed E-state index contributed by atoms with van der Waals surface area (Å²) in [7, 11) is 3.35. The summed E-state index contributed by atoms with van der Waals surface area (Å²) in [4.78, 5) is 18.9. The van der Waals surface area contributed by atoms with Crippen molar-refractivity contribution in [2.24, 2.45) is 5.92 Å². The van der Waals surface area contributed by atoms with E-state index < -0.39 is 17.7 Å². The molecule has 2 aliphatic rings. The summed E-state index contributed by atoms with van der Waals surface area (Å²) >= 11 is 0. The fourth-order valence-corrected chi connectivity index (χ4v) is 4.06. The van der Waals surface area contributed by atoms with Gasteiger partial charge in [0.1, 0.15) is 17.7 Å². The van der Waals surface area contributed by atoms with Crippen LogP contribution in [-0.4, -0.2) is 80.1 Å². The average Bonchev–Trinajstić information content (AvgIpc) is 3.00. The molecule has 2 fully saturated rings. The molecule has 26 heavy (non-hydrogen) atoms. The normalized spacial score (nSPS) is 25.7. The van der Waals surface area contributed by atoms with Crippen molar-refractivity contribution in [1.82, 2.24) is 14.7 Å². The molecule has 0 aliphatic carbocycles. The second-order valence-corrected chi connectivity index (χ2v) is 7.44. The fraction of sp³-hybridized carbons (Fsp3) is 0.632. The number of amides is 1. The standard InChI is InChI=1S/C19H27F2N3O2/c1-13-11-24(12-16(13)23-7-9-26-10-8-23)19(25)18(22(2)3)17-14(20)5-4-6-15(17)21/h4-6,13,16,18H,7-12H2,1-3H3/t13-,16-,18-/m1/s1. The van der Waals surface area contributed by atoms with Gasteiger partial charge in [-0.1, -0.05) is 13.0 Å². The van der Waals surface area contributed by atoms with Gasteiger partial charge in [-0.2, -0.15) is 0 Å². The number of nitrogens with zero attached hydrogens (tertiary/aromatic N) is 3. The quantitative estimate of drug-likeness (QED) is 0.812. The minimum Gasteiger partial charge on any atom is -0.379 e. The molecule has 5 nitrogen and oxygen atoms in total. The molecule has 2 saturated heterocycles. The average molecular weight is 367 g/mol. The van der Waals surface area contributed by atoms with Gasteiger partial charge in [0.2, 0.25) is 5.91 Å². The number of likely N-dealkylation sites (N-methyl/N-ethyl adjacent to an activating group) is 1. The van der Waals surface area contributed by atoms with E-state index in [1.165, 1.54) is 18.2 Å². The van der Waals surface area contributed by atoms with Crippen molar-refractivity contribution in [2.75, 3.05) is 53.5 Å². The van der Waals surface area contributed by atoms with Gasteiger partial charge in [0.05, 0.1) is 18.8 Å². The Morgan fingerprint density at radius 3 is 2.38 bits per heavy atom. The SMILES string of the molecule is C[C@@H]1CN(C(=O)[C@@H](c2c(F)cccc2F)N(C)C)C[C@H]1N1CCOCC1. The lowest BCUT2D eigenvalue weighted by Crippen LogP contribution is -2.47. The summed E-state index contributed by atoms with van der Waals surface area (Å²) < 4.78 is 34.0. The molecule has 2 aliphatic heterocycles. The molecule has 0 aromatic heterocycles. The van der Waals surface area contributed by atoms with E-state index in [4.69, 9.17) is 4.74 Å². The number of morpholine rings is 1. The van der Waals surface area contributed by atoms with Gasteiger partial charge in [0.15, 0.2) is 0 Å². The highest BCUT2D eigenvalue weighted by Gasteiger charge is 2.40.